The normalized spacial score (nSPS) is 10.4. The van der Waals surface area contributed by atoms with Gasteiger partial charge in [-0.3, -0.25) is 0 Å². The van der Waals surface area contributed by atoms with E-state index in [1.54, 1.807) is 0 Å². The van der Waals surface area contributed by atoms with Crippen LogP contribution in [0.1, 0.15) is 26.1 Å². The number of nitrogens with one attached hydrogen (secondary N) is 2. The van der Waals surface area contributed by atoms with E-state index in [9.17, 15) is 0 Å². The molecule has 0 aromatic carbocycles. The molecule has 2 N–H and O–H groups in total. The molecule has 0 amide bonds. The van der Waals surface area contributed by atoms with Crippen molar-refractivity contribution < 1.29 is 0 Å². The van der Waals surface area contributed by atoms with Crippen LogP contribution in [0.15, 0.2) is 6.07 Å². The molecule has 0 bridgehead atoms. The lowest BCUT2D eigenvalue weighted by Crippen LogP contribution is -2.23. The Hall–Kier alpha value is -1.36. The summed E-state index contributed by atoms with van der Waals surface area (Å²) in [7, 11) is 1.97. The van der Waals surface area contributed by atoms with Crippen LogP contribution in [-0.2, 0) is 0 Å². The van der Waals surface area contributed by atoms with Crippen LogP contribution in [0.5, 0.6) is 0 Å². The van der Waals surface area contributed by atoms with Gasteiger partial charge in [-0.15, -0.1) is 0 Å². The van der Waals surface area contributed by atoms with Gasteiger partial charge in [-0.1, -0.05) is 0 Å². The summed E-state index contributed by atoms with van der Waals surface area (Å²) in [5.41, 5.74) is 0. The Labute approximate surface area is 110 Å². The Balaban J connectivity index is 2.68. The molecule has 0 aliphatic heterocycles. The van der Waals surface area contributed by atoms with Gasteiger partial charge in [-0.05, 0) is 40.8 Å². The van der Waals surface area contributed by atoms with Crippen LogP contribution in [0.3, 0.4) is 0 Å². The topological polar surface area (TPSA) is 53.1 Å². The van der Waals surface area contributed by atoms with Crippen molar-refractivity contribution in [2.24, 2.45) is 0 Å². The number of anilines is 2. The predicted molar refractivity (Wildman–Crippen MR) is 77.4 cm³/mol. The minimum absolute atomic E-state index is 0.815. The van der Waals surface area contributed by atoms with Gasteiger partial charge in [0.1, 0.15) is 17.5 Å². The van der Waals surface area contributed by atoms with Crippen molar-refractivity contribution in [2.75, 3.05) is 43.4 Å². The number of nitrogens with zero attached hydrogens (tertiary/aromatic N) is 3. The molecule has 0 aliphatic carbocycles. The summed E-state index contributed by atoms with van der Waals surface area (Å²) in [5.74, 6) is 2.74. The molecule has 0 unspecified atom stereocenters. The first-order chi connectivity index (χ1) is 8.71. The summed E-state index contributed by atoms with van der Waals surface area (Å²) in [6, 6.07) is 2.03. The standard InChI is InChI=1S/C13H25N5/c1-5-18(6-2)13-10-12(16-11(3)17-13)15-9-7-8-14-4/h10,14H,5-9H2,1-4H3,(H,15,16,17). The zero-order valence-electron chi connectivity index (χ0n) is 12.0. The summed E-state index contributed by atoms with van der Waals surface area (Å²) in [6.45, 7) is 10.1. The van der Waals surface area contributed by atoms with Crippen molar-refractivity contribution in [2.45, 2.75) is 27.2 Å². The lowest BCUT2D eigenvalue weighted by molar-refractivity contribution is 0.746. The summed E-state index contributed by atoms with van der Waals surface area (Å²) in [5, 5.41) is 6.48. The lowest BCUT2D eigenvalue weighted by Gasteiger charge is -2.20. The number of aryl methyl sites for hydroxylation is 1. The molecular formula is C13H25N5. The first-order valence-electron chi connectivity index (χ1n) is 6.70. The Morgan fingerprint density at radius 1 is 1.17 bits per heavy atom. The molecule has 102 valence electrons. The number of hydrogen-bond acceptors (Lipinski definition) is 5. The second kappa shape index (κ2) is 7.87. The fraction of sp³-hybridized carbons (Fsp3) is 0.692. The molecule has 1 rings (SSSR count). The van der Waals surface area contributed by atoms with E-state index in [2.05, 4.69) is 39.3 Å². The predicted octanol–water partition coefficient (Wildman–Crippen LogP) is 1.65. The molecule has 0 saturated heterocycles. The fourth-order valence-corrected chi connectivity index (χ4v) is 1.83. The van der Waals surface area contributed by atoms with Gasteiger partial charge in [-0.25, -0.2) is 9.97 Å². The van der Waals surface area contributed by atoms with Crippen molar-refractivity contribution >= 4 is 11.6 Å². The highest BCUT2D eigenvalue weighted by Crippen LogP contribution is 2.15. The Kier molecular flexibility index (Phi) is 6.43. The fourth-order valence-electron chi connectivity index (χ4n) is 1.83. The second-order valence-electron chi connectivity index (χ2n) is 4.21. The van der Waals surface area contributed by atoms with Crippen LogP contribution in [0.25, 0.3) is 0 Å². The van der Waals surface area contributed by atoms with Crippen LogP contribution in [0.4, 0.5) is 11.6 Å². The van der Waals surface area contributed by atoms with E-state index in [0.717, 1.165) is 50.1 Å². The summed E-state index contributed by atoms with van der Waals surface area (Å²) in [6.07, 6.45) is 1.08. The zero-order chi connectivity index (χ0) is 13.4. The molecular weight excluding hydrogens is 226 g/mol. The summed E-state index contributed by atoms with van der Waals surface area (Å²) in [4.78, 5) is 11.1. The first kappa shape index (κ1) is 14.7. The Morgan fingerprint density at radius 2 is 1.89 bits per heavy atom. The zero-order valence-corrected chi connectivity index (χ0v) is 12.0. The molecule has 0 saturated carbocycles. The summed E-state index contributed by atoms with van der Waals surface area (Å²) >= 11 is 0. The molecule has 5 heteroatoms. The van der Waals surface area contributed by atoms with Crippen LogP contribution in [0.2, 0.25) is 0 Å². The lowest BCUT2D eigenvalue weighted by atomic mass is 10.4. The molecule has 0 spiro atoms. The van der Waals surface area contributed by atoms with Gasteiger partial charge in [0.2, 0.25) is 0 Å². The van der Waals surface area contributed by atoms with Gasteiger partial charge >= 0.3 is 0 Å². The third kappa shape index (κ3) is 4.49. The molecule has 1 aromatic rings. The van der Waals surface area contributed by atoms with Gasteiger partial charge in [0.05, 0.1) is 0 Å². The maximum absolute atomic E-state index is 4.48. The van der Waals surface area contributed by atoms with Crippen LogP contribution in [-0.4, -0.2) is 43.2 Å². The number of hydrogen-bond donors (Lipinski definition) is 2. The van der Waals surface area contributed by atoms with Gasteiger partial charge in [0.25, 0.3) is 0 Å². The molecule has 1 heterocycles. The Bertz CT molecular complexity index is 349. The average Bonchev–Trinajstić information content (AvgIpc) is 2.36. The smallest absolute Gasteiger partial charge is 0.134 e. The molecule has 0 radical (unpaired) electrons. The minimum atomic E-state index is 0.815. The molecule has 5 nitrogen and oxygen atoms in total. The summed E-state index contributed by atoms with van der Waals surface area (Å²) < 4.78 is 0. The maximum atomic E-state index is 4.48. The third-order valence-electron chi connectivity index (χ3n) is 2.82. The van der Waals surface area contributed by atoms with E-state index in [4.69, 9.17) is 0 Å². The van der Waals surface area contributed by atoms with Crippen LogP contribution in [0, 0.1) is 6.92 Å². The largest absolute Gasteiger partial charge is 0.370 e. The van der Waals surface area contributed by atoms with Crippen LogP contribution >= 0.6 is 0 Å². The molecule has 0 fully saturated rings. The highest BCUT2D eigenvalue weighted by Gasteiger charge is 2.06. The minimum Gasteiger partial charge on any atom is -0.370 e. The molecule has 1 aromatic heterocycles. The van der Waals surface area contributed by atoms with E-state index in [1.165, 1.54) is 0 Å². The first-order valence-corrected chi connectivity index (χ1v) is 6.70. The third-order valence-corrected chi connectivity index (χ3v) is 2.82. The number of aromatic nitrogens is 2. The highest BCUT2D eigenvalue weighted by atomic mass is 15.2. The van der Waals surface area contributed by atoms with Gasteiger partial charge < -0.3 is 15.5 Å². The molecule has 0 aliphatic rings. The second-order valence-corrected chi connectivity index (χ2v) is 4.21. The molecule has 0 atom stereocenters. The SMILES string of the molecule is CCN(CC)c1cc(NCCCNC)nc(C)n1. The van der Waals surface area contributed by atoms with Crippen molar-refractivity contribution in [1.29, 1.82) is 0 Å². The van der Waals surface area contributed by atoms with Crippen LogP contribution < -0.4 is 15.5 Å². The van der Waals surface area contributed by atoms with Gasteiger partial charge in [-0.2, -0.15) is 0 Å². The monoisotopic (exact) mass is 251 g/mol. The van der Waals surface area contributed by atoms with Crippen molar-refractivity contribution in [1.82, 2.24) is 15.3 Å². The van der Waals surface area contributed by atoms with Crippen molar-refractivity contribution in [3.63, 3.8) is 0 Å². The quantitative estimate of drug-likeness (QED) is 0.688. The Morgan fingerprint density at radius 3 is 2.50 bits per heavy atom. The van der Waals surface area contributed by atoms with E-state index in [1.807, 2.05) is 20.0 Å². The van der Waals surface area contributed by atoms with Crippen molar-refractivity contribution in [3.8, 4) is 0 Å². The number of rotatable bonds is 8. The highest BCUT2D eigenvalue weighted by molar-refractivity contribution is 5.49. The van der Waals surface area contributed by atoms with Gasteiger partial charge in [0, 0.05) is 25.7 Å². The van der Waals surface area contributed by atoms with E-state index < -0.39 is 0 Å². The van der Waals surface area contributed by atoms with E-state index in [0.29, 0.717) is 0 Å². The molecule has 18 heavy (non-hydrogen) atoms. The van der Waals surface area contributed by atoms with Gasteiger partial charge in [0.15, 0.2) is 0 Å². The van der Waals surface area contributed by atoms with E-state index in [-0.39, 0.29) is 0 Å². The maximum Gasteiger partial charge on any atom is 0.134 e. The average molecular weight is 251 g/mol. The van der Waals surface area contributed by atoms with E-state index >= 15 is 0 Å². The van der Waals surface area contributed by atoms with Crippen molar-refractivity contribution in [3.05, 3.63) is 11.9 Å².